The van der Waals surface area contributed by atoms with Gasteiger partial charge in [-0.05, 0) is 43.0 Å². The van der Waals surface area contributed by atoms with Crippen LogP contribution in [0.5, 0.6) is 0 Å². The molecule has 1 atom stereocenters. The molecule has 0 saturated carbocycles. The van der Waals surface area contributed by atoms with E-state index in [9.17, 15) is 9.90 Å². The molecule has 0 radical (unpaired) electrons. The Bertz CT molecular complexity index is 399. The number of carbonyl (C=O) groups excluding carboxylic acids is 1. The molecule has 1 unspecified atom stereocenters. The van der Waals surface area contributed by atoms with Crippen LogP contribution in [-0.4, -0.2) is 30.6 Å². The molecule has 2 rings (SSSR count). The average molecular weight is 247 g/mol. The molecule has 1 heterocycles. The van der Waals surface area contributed by atoms with Gasteiger partial charge in [-0.3, -0.25) is 4.79 Å². The fourth-order valence-corrected chi connectivity index (χ4v) is 2.51. The molecule has 3 nitrogen and oxygen atoms in total. The molecule has 0 aromatic heterocycles. The number of aliphatic hydroxyl groups is 1. The highest BCUT2D eigenvalue weighted by Gasteiger charge is 2.19. The van der Waals surface area contributed by atoms with Gasteiger partial charge in [-0.25, -0.2) is 0 Å². The molecule has 1 saturated heterocycles. The Morgan fingerprint density at radius 2 is 2.11 bits per heavy atom. The first-order valence-corrected chi connectivity index (χ1v) is 6.73. The van der Waals surface area contributed by atoms with Crippen molar-refractivity contribution in [2.45, 2.75) is 26.2 Å². The summed E-state index contributed by atoms with van der Waals surface area (Å²) in [5, 5.41) is 9.23. The van der Waals surface area contributed by atoms with Crippen molar-refractivity contribution < 1.29 is 9.90 Å². The molecular weight excluding hydrogens is 226 g/mol. The number of carbonyl (C=O) groups is 1. The van der Waals surface area contributed by atoms with Crippen LogP contribution in [0.3, 0.4) is 0 Å². The Balaban J connectivity index is 2.07. The van der Waals surface area contributed by atoms with Gasteiger partial charge in [-0.1, -0.05) is 6.92 Å². The van der Waals surface area contributed by atoms with Crippen molar-refractivity contribution in [1.82, 2.24) is 0 Å². The minimum absolute atomic E-state index is 0.188. The van der Waals surface area contributed by atoms with E-state index in [0.717, 1.165) is 37.2 Å². The van der Waals surface area contributed by atoms with E-state index in [2.05, 4.69) is 4.90 Å². The maximum absolute atomic E-state index is 11.6. The second-order valence-corrected chi connectivity index (χ2v) is 4.96. The van der Waals surface area contributed by atoms with Gasteiger partial charge in [0.25, 0.3) is 0 Å². The first kappa shape index (κ1) is 13.1. The lowest BCUT2D eigenvalue weighted by molar-refractivity contribution is 0.0988. The predicted molar refractivity (Wildman–Crippen MR) is 73.1 cm³/mol. The summed E-state index contributed by atoms with van der Waals surface area (Å²) in [6.07, 6.45) is 2.79. The van der Waals surface area contributed by atoms with Crippen molar-refractivity contribution in [3.8, 4) is 0 Å². The van der Waals surface area contributed by atoms with Crippen LogP contribution in [-0.2, 0) is 0 Å². The summed E-state index contributed by atoms with van der Waals surface area (Å²) in [5.74, 6) is 0.573. The van der Waals surface area contributed by atoms with Gasteiger partial charge < -0.3 is 10.0 Å². The Morgan fingerprint density at radius 1 is 1.39 bits per heavy atom. The zero-order chi connectivity index (χ0) is 13.0. The molecular formula is C15H21NO2. The lowest BCUT2D eigenvalue weighted by atomic mass is 9.98. The van der Waals surface area contributed by atoms with Crippen molar-refractivity contribution >= 4 is 11.5 Å². The second-order valence-electron chi connectivity index (χ2n) is 4.96. The summed E-state index contributed by atoms with van der Waals surface area (Å²) < 4.78 is 0. The summed E-state index contributed by atoms with van der Waals surface area (Å²) in [7, 11) is 0. The lowest BCUT2D eigenvalue weighted by Crippen LogP contribution is -2.36. The van der Waals surface area contributed by atoms with Gasteiger partial charge in [0.1, 0.15) is 0 Å². The third-order valence-corrected chi connectivity index (χ3v) is 3.65. The highest BCUT2D eigenvalue weighted by Crippen LogP contribution is 2.23. The van der Waals surface area contributed by atoms with E-state index >= 15 is 0 Å². The van der Waals surface area contributed by atoms with Crippen molar-refractivity contribution in [2.24, 2.45) is 5.92 Å². The molecule has 0 spiro atoms. The van der Waals surface area contributed by atoms with E-state index in [1.54, 1.807) is 0 Å². The number of nitrogens with zero attached hydrogens (tertiary/aromatic N) is 1. The van der Waals surface area contributed by atoms with E-state index in [1.165, 1.54) is 0 Å². The van der Waals surface area contributed by atoms with Crippen LogP contribution in [0.15, 0.2) is 24.3 Å². The number of ketones is 1. The third kappa shape index (κ3) is 2.91. The van der Waals surface area contributed by atoms with E-state index < -0.39 is 0 Å². The van der Waals surface area contributed by atoms with Crippen LogP contribution >= 0.6 is 0 Å². The quantitative estimate of drug-likeness (QED) is 0.831. The standard InChI is InChI=1S/C15H21NO2/c1-2-15(18)13-5-7-14(8-6-13)16-9-3-4-12(10-16)11-17/h5-8,12,17H,2-4,9-11H2,1H3. The van der Waals surface area contributed by atoms with Crippen LogP contribution in [0.25, 0.3) is 0 Å². The minimum atomic E-state index is 0.188. The Labute approximate surface area is 108 Å². The van der Waals surface area contributed by atoms with E-state index in [1.807, 2.05) is 31.2 Å². The third-order valence-electron chi connectivity index (χ3n) is 3.65. The number of benzene rings is 1. The zero-order valence-corrected chi connectivity index (χ0v) is 10.9. The molecule has 3 heteroatoms. The first-order chi connectivity index (χ1) is 8.74. The van der Waals surface area contributed by atoms with Crippen molar-refractivity contribution in [3.05, 3.63) is 29.8 Å². The van der Waals surface area contributed by atoms with Crippen LogP contribution in [0.1, 0.15) is 36.5 Å². The number of rotatable bonds is 4. The molecule has 1 N–H and O–H groups in total. The van der Waals surface area contributed by atoms with E-state index in [-0.39, 0.29) is 12.4 Å². The molecule has 1 aromatic rings. The van der Waals surface area contributed by atoms with E-state index in [0.29, 0.717) is 12.3 Å². The molecule has 1 aliphatic rings. The SMILES string of the molecule is CCC(=O)c1ccc(N2CCCC(CO)C2)cc1. The smallest absolute Gasteiger partial charge is 0.162 e. The summed E-state index contributed by atoms with van der Waals surface area (Å²) in [5.41, 5.74) is 1.94. The summed E-state index contributed by atoms with van der Waals surface area (Å²) >= 11 is 0. The number of aliphatic hydroxyl groups excluding tert-OH is 1. The number of anilines is 1. The normalized spacial score (nSPS) is 19.9. The van der Waals surface area contributed by atoms with Gasteiger partial charge in [0, 0.05) is 37.4 Å². The molecule has 0 aliphatic carbocycles. The Morgan fingerprint density at radius 3 is 2.72 bits per heavy atom. The van der Waals surface area contributed by atoms with Gasteiger partial charge in [0.05, 0.1) is 0 Å². The lowest BCUT2D eigenvalue weighted by Gasteiger charge is -2.33. The van der Waals surface area contributed by atoms with E-state index in [4.69, 9.17) is 0 Å². The fourth-order valence-electron chi connectivity index (χ4n) is 2.51. The first-order valence-electron chi connectivity index (χ1n) is 6.73. The number of Topliss-reactive ketones (excluding diaryl/α,β-unsaturated/α-hetero) is 1. The molecule has 98 valence electrons. The zero-order valence-electron chi connectivity index (χ0n) is 10.9. The van der Waals surface area contributed by atoms with Gasteiger partial charge in [-0.2, -0.15) is 0 Å². The van der Waals surface area contributed by atoms with Crippen LogP contribution in [0.4, 0.5) is 5.69 Å². The van der Waals surface area contributed by atoms with Gasteiger partial charge in [0.2, 0.25) is 0 Å². The summed E-state index contributed by atoms with van der Waals surface area (Å²) in [4.78, 5) is 13.8. The molecule has 0 amide bonds. The van der Waals surface area contributed by atoms with Crippen LogP contribution in [0, 0.1) is 5.92 Å². The summed E-state index contributed by atoms with van der Waals surface area (Å²) in [6.45, 7) is 4.10. The summed E-state index contributed by atoms with van der Waals surface area (Å²) in [6, 6.07) is 7.85. The van der Waals surface area contributed by atoms with Crippen molar-refractivity contribution in [3.63, 3.8) is 0 Å². The average Bonchev–Trinajstić information content (AvgIpc) is 2.46. The molecule has 18 heavy (non-hydrogen) atoms. The number of piperidine rings is 1. The van der Waals surface area contributed by atoms with Crippen molar-refractivity contribution in [1.29, 1.82) is 0 Å². The highest BCUT2D eigenvalue weighted by molar-refractivity contribution is 5.96. The predicted octanol–water partition coefficient (Wildman–Crippen LogP) is 2.49. The largest absolute Gasteiger partial charge is 0.396 e. The van der Waals surface area contributed by atoms with Gasteiger partial charge in [-0.15, -0.1) is 0 Å². The molecule has 0 bridgehead atoms. The van der Waals surface area contributed by atoms with Crippen LogP contribution < -0.4 is 4.90 Å². The molecule has 1 aliphatic heterocycles. The molecule has 1 fully saturated rings. The van der Waals surface area contributed by atoms with Crippen molar-refractivity contribution in [2.75, 3.05) is 24.6 Å². The highest BCUT2D eigenvalue weighted by atomic mass is 16.3. The molecule has 1 aromatic carbocycles. The number of hydrogen-bond donors (Lipinski definition) is 1. The monoisotopic (exact) mass is 247 g/mol. The number of hydrogen-bond acceptors (Lipinski definition) is 3. The second kappa shape index (κ2) is 6.01. The maximum atomic E-state index is 11.6. The Kier molecular flexibility index (Phi) is 4.37. The fraction of sp³-hybridized carbons (Fsp3) is 0.533. The van der Waals surface area contributed by atoms with Gasteiger partial charge >= 0.3 is 0 Å². The Hall–Kier alpha value is -1.35. The van der Waals surface area contributed by atoms with Crippen LogP contribution in [0.2, 0.25) is 0 Å². The van der Waals surface area contributed by atoms with Gasteiger partial charge in [0.15, 0.2) is 5.78 Å². The minimum Gasteiger partial charge on any atom is -0.396 e. The topological polar surface area (TPSA) is 40.5 Å². The maximum Gasteiger partial charge on any atom is 0.162 e.